The fourth-order valence-corrected chi connectivity index (χ4v) is 2.48. The summed E-state index contributed by atoms with van der Waals surface area (Å²) in [7, 11) is 2.14. The van der Waals surface area contributed by atoms with Crippen LogP contribution in [0, 0.1) is 5.41 Å². The van der Waals surface area contributed by atoms with Crippen molar-refractivity contribution < 1.29 is 9.84 Å². The number of rotatable bonds is 7. The van der Waals surface area contributed by atoms with E-state index in [1.165, 1.54) is 0 Å². The van der Waals surface area contributed by atoms with E-state index in [4.69, 9.17) is 4.74 Å². The van der Waals surface area contributed by atoms with Crippen molar-refractivity contribution >= 4 is 0 Å². The third-order valence-electron chi connectivity index (χ3n) is 3.71. The topological polar surface area (TPSA) is 44.7 Å². The minimum absolute atomic E-state index is 0.147. The van der Waals surface area contributed by atoms with Gasteiger partial charge in [0.2, 0.25) is 0 Å². The zero-order valence-electron chi connectivity index (χ0n) is 13.3. The maximum Gasteiger partial charge on any atom is 0.0547 e. The van der Waals surface area contributed by atoms with Gasteiger partial charge in [-0.05, 0) is 47.6 Å². The fourth-order valence-electron chi connectivity index (χ4n) is 2.48. The average Bonchev–Trinajstić information content (AvgIpc) is 2.72. The molecule has 0 radical (unpaired) electrons. The van der Waals surface area contributed by atoms with Crippen molar-refractivity contribution in [2.75, 3.05) is 39.9 Å². The Labute approximate surface area is 118 Å². The summed E-state index contributed by atoms with van der Waals surface area (Å²) in [5.74, 6) is 0. The van der Waals surface area contributed by atoms with Gasteiger partial charge in [-0.1, -0.05) is 0 Å². The van der Waals surface area contributed by atoms with Gasteiger partial charge in [0.05, 0.1) is 12.7 Å². The Morgan fingerprint density at radius 1 is 1.42 bits per heavy atom. The largest absolute Gasteiger partial charge is 0.393 e. The molecule has 1 aliphatic rings. The van der Waals surface area contributed by atoms with E-state index in [1.54, 1.807) is 0 Å². The van der Waals surface area contributed by atoms with Gasteiger partial charge in [0, 0.05) is 37.2 Å². The number of hydrogen-bond donors (Lipinski definition) is 2. The van der Waals surface area contributed by atoms with Gasteiger partial charge in [0.25, 0.3) is 0 Å². The Balaban J connectivity index is 2.47. The second-order valence-corrected chi connectivity index (χ2v) is 7.28. The third kappa shape index (κ3) is 6.70. The van der Waals surface area contributed by atoms with E-state index in [0.29, 0.717) is 0 Å². The van der Waals surface area contributed by atoms with Crippen LogP contribution in [0.3, 0.4) is 0 Å². The van der Waals surface area contributed by atoms with E-state index < -0.39 is 0 Å². The minimum Gasteiger partial charge on any atom is -0.393 e. The van der Waals surface area contributed by atoms with Gasteiger partial charge in [-0.15, -0.1) is 0 Å². The maximum absolute atomic E-state index is 9.37. The molecule has 0 aromatic carbocycles. The first-order valence-corrected chi connectivity index (χ1v) is 7.42. The molecule has 0 amide bonds. The minimum atomic E-state index is -0.217. The van der Waals surface area contributed by atoms with Crippen LogP contribution in [-0.4, -0.2) is 61.5 Å². The zero-order valence-corrected chi connectivity index (χ0v) is 13.3. The molecule has 2 unspecified atom stereocenters. The molecule has 0 aromatic rings. The number of aliphatic hydroxyl groups excluding tert-OH is 1. The Morgan fingerprint density at radius 2 is 2.11 bits per heavy atom. The van der Waals surface area contributed by atoms with Gasteiger partial charge in [0.1, 0.15) is 0 Å². The lowest BCUT2D eigenvalue weighted by Gasteiger charge is -2.35. The lowest BCUT2D eigenvalue weighted by Crippen LogP contribution is -2.49. The van der Waals surface area contributed by atoms with E-state index in [9.17, 15) is 5.11 Å². The van der Waals surface area contributed by atoms with E-state index in [2.05, 4.69) is 38.0 Å². The zero-order chi connectivity index (χ0) is 14.5. The molecule has 1 rings (SSSR count). The second-order valence-electron chi connectivity index (χ2n) is 7.28. The number of nitrogens with one attached hydrogen (secondary N) is 1. The second kappa shape index (κ2) is 7.02. The normalized spacial score (nSPS) is 26.1. The molecule has 114 valence electrons. The molecular weight excluding hydrogens is 240 g/mol. The van der Waals surface area contributed by atoms with Gasteiger partial charge in [-0.3, -0.25) is 0 Å². The van der Waals surface area contributed by atoms with E-state index in [1.807, 2.05) is 6.92 Å². The van der Waals surface area contributed by atoms with Gasteiger partial charge >= 0.3 is 0 Å². The van der Waals surface area contributed by atoms with E-state index in [0.717, 1.165) is 45.7 Å². The molecule has 4 heteroatoms. The molecule has 0 spiro atoms. The molecule has 4 nitrogen and oxygen atoms in total. The van der Waals surface area contributed by atoms with Crippen LogP contribution in [0.4, 0.5) is 0 Å². The lowest BCUT2D eigenvalue weighted by atomic mass is 9.85. The summed E-state index contributed by atoms with van der Waals surface area (Å²) in [6.07, 6.45) is 1.74. The Kier molecular flexibility index (Phi) is 6.24. The van der Waals surface area contributed by atoms with Crippen molar-refractivity contribution in [1.82, 2.24) is 10.2 Å². The Bertz CT molecular complexity index is 255. The molecule has 0 bridgehead atoms. The van der Waals surface area contributed by atoms with Gasteiger partial charge in [-0.25, -0.2) is 0 Å². The summed E-state index contributed by atoms with van der Waals surface area (Å²) >= 11 is 0. The van der Waals surface area contributed by atoms with Gasteiger partial charge in [-0.2, -0.15) is 0 Å². The van der Waals surface area contributed by atoms with Gasteiger partial charge in [0.15, 0.2) is 0 Å². The average molecular weight is 272 g/mol. The molecule has 2 N–H and O–H groups in total. The highest BCUT2D eigenvalue weighted by Crippen LogP contribution is 2.29. The Morgan fingerprint density at radius 3 is 2.58 bits per heavy atom. The summed E-state index contributed by atoms with van der Waals surface area (Å²) in [4.78, 5) is 2.33. The van der Waals surface area contributed by atoms with E-state index >= 15 is 0 Å². The summed E-state index contributed by atoms with van der Waals surface area (Å²) in [6.45, 7) is 13.1. The number of aliphatic hydroxyl groups is 1. The van der Waals surface area contributed by atoms with Crippen LogP contribution >= 0.6 is 0 Å². The van der Waals surface area contributed by atoms with Crippen LogP contribution in [0.15, 0.2) is 0 Å². The summed E-state index contributed by atoms with van der Waals surface area (Å²) in [5.41, 5.74) is 0.370. The SMILES string of the molecule is CC(O)CCN(C)CC1(CNC(C)(C)C)CCOC1. The van der Waals surface area contributed by atoms with Crippen LogP contribution in [0.2, 0.25) is 0 Å². The van der Waals surface area contributed by atoms with Crippen molar-refractivity contribution in [2.45, 2.75) is 52.2 Å². The molecule has 2 atom stereocenters. The molecular formula is C15H32N2O2. The van der Waals surface area contributed by atoms with Crippen LogP contribution in [0.5, 0.6) is 0 Å². The summed E-state index contributed by atoms with van der Waals surface area (Å²) in [5, 5.41) is 13.0. The van der Waals surface area contributed by atoms with Crippen LogP contribution < -0.4 is 5.32 Å². The van der Waals surface area contributed by atoms with Crippen LogP contribution in [-0.2, 0) is 4.74 Å². The first-order chi connectivity index (χ1) is 8.72. The predicted octanol–water partition coefficient (Wildman–Crippen LogP) is 1.48. The van der Waals surface area contributed by atoms with Crippen molar-refractivity contribution in [1.29, 1.82) is 0 Å². The van der Waals surface area contributed by atoms with Crippen molar-refractivity contribution in [3.05, 3.63) is 0 Å². The monoisotopic (exact) mass is 272 g/mol. The highest BCUT2D eigenvalue weighted by Gasteiger charge is 2.36. The molecule has 1 saturated heterocycles. The lowest BCUT2D eigenvalue weighted by molar-refractivity contribution is 0.103. The quantitative estimate of drug-likeness (QED) is 0.737. The molecule has 1 heterocycles. The smallest absolute Gasteiger partial charge is 0.0547 e. The number of ether oxygens (including phenoxy) is 1. The number of nitrogens with zero attached hydrogens (tertiary/aromatic N) is 1. The van der Waals surface area contributed by atoms with Crippen LogP contribution in [0.1, 0.15) is 40.5 Å². The first-order valence-electron chi connectivity index (χ1n) is 7.42. The van der Waals surface area contributed by atoms with Gasteiger partial charge < -0.3 is 20.1 Å². The molecule has 0 aliphatic carbocycles. The predicted molar refractivity (Wildman–Crippen MR) is 79.4 cm³/mol. The summed E-state index contributed by atoms with van der Waals surface area (Å²) < 4.78 is 5.64. The molecule has 1 fully saturated rings. The standard InChI is InChI=1S/C15H32N2O2/c1-13(18)6-8-17(5)11-15(7-9-19-12-15)10-16-14(2,3)4/h13,16,18H,6-12H2,1-5H3. The molecule has 1 aliphatic heterocycles. The van der Waals surface area contributed by atoms with Crippen molar-refractivity contribution in [2.24, 2.45) is 5.41 Å². The fraction of sp³-hybridized carbons (Fsp3) is 1.00. The molecule has 0 aromatic heterocycles. The number of hydrogen-bond acceptors (Lipinski definition) is 4. The first kappa shape index (κ1) is 16.9. The third-order valence-corrected chi connectivity index (χ3v) is 3.71. The Hall–Kier alpha value is -0.160. The van der Waals surface area contributed by atoms with Crippen LogP contribution in [0.25, 0.3) is 0 Å². The summed E-state index contributed by atoms with van der Waals surface area (Å²) in [6, 6.07) is 0. The highest BCUT2D eigenvalue weighted by atomic mass is 16.5. The highest BCUT2D eigenvalue weighted by molar-refractivity contribution is 4.90. The molecule has 19 heavy (non-hydrogen) atoms. The van der Waals surface area contributed by atoms with Crippen molar-refractivity contribution in [3.63, 3.8) is 0 Å². The maximum atomic E-state index is 9.37. The van der Waals surface area contributed by atoms with E-state index in [-0.39, 0.29) is 17.1 Å². The molecule has 0 saturated carbocycles. The van der Waals surface area contributed by atoms with Crippen molar-refractivity contribution in [3.8, 4) is 0 Å².